The summed E-state index contributed by atoms with van der Waals surface area (Å²) < 4.78 is 0. The molecule has 1 nitrogen and oxygen atoms in total. The van der Waals surface area contributed by atoms with E-state index in [-0.39, 0.29) is 0 Å². The lowest BCUT2D eigenvalue weighted by molar-refractivity contribution is 0.298. The van der Waals surface area contributed by atoms with Gasteiger partial charge in [0.2, 0.25) is 0 Å². The van der Waals surface area contributed by atoms with Gasteiger partial charge in [0, 0.05) is 6.04 Å². The summed E-state index contributed by atoms with van der Waals surface area (Å²) in [5, 5.41) is 3.69. The maximum atomic E-state index is 3.69. The lowest BCUT2D eigenvalue weighted by atomic mass is 9.85. The van der Waals surface area contributed by atoms with E-state index in [0.29, 0.717) is 6.04 Å². The normalized spacial score (nSPS) is 24.9. The van der Waals surface area contributed by atoms with Crippen molar-refractivity contribution in [3.8, 4) is 0 Å². The third kappa shape index (κ3) is 2.90. The Morgan fingerprint density at radius 2 is 1.82 bits per heavy atom. The van der Waals surface area contributed by atoms with Crippen molar-refractivity contribution in [2.24, 2.45) is 5.92 Å². The molecule has 0 radical (unpaired) electrons. The van der Waals surface area contributed by atoms with Gasteiger partial charge in [0.25, 0.3) is 0 Å². The van der Waals surface area contributed by atoms with Crippen molar-refractivity contribution < 1.29 is 0 Å². The third-order valence-corrected chi connectivity index (χ3v) is 4.19. The average Bonchev–Trinajstić information content (AvgIpc) is 2.25. The van der Waals surface area contributed by atoms with Crippen LogP contribution in [0.15, 0.2) is 12.1 Å². The van der Waals surface area contributed by atoms with Crippen molar-refractivity contribution in [1.29, 1.82) is 0 Å². The number of benzene rings is 1. The van der Waals surface area contributed by atoms with Crippen LogP contribution in [0.4, 0.5) is 0 Å². The average molecular weight is 231 g/mol. The van der Waals surface area contributed by atoms with E-state index in [0.717, 1.165) is 5.92 Å². The van der Waals surface area contributed by atoms with Crippen molar-refractivity contribution in [2.45, 2.75) is 53.0 Å². The van der Waals surface area contributed by atoms with E-state index in [1.54, 1.807) is 5.56 Å². The van der Waals surface area contributed by atoms with Gasteiger partial charge in [-0.05, 0) is 69.2 Å². The van der Waals surface area contributed by atoms with Crippen LogP contribution in [0.2, 0.25) is 0 Å². The molecule has 1 N–H and O–H groups in total. The molecule has 0 spiro atoms. The molecule has 94 valence electrons. The smallest absolute Gasteiger partial charge is 0.0133 e. The summed E-state index contributed by atoms with van der Waals surface area (Å²) in [6, 6.07) is 5.30. The van der Waals surface area contributed by atoms with E-state index >= 15 is 0 Å². The van der Waals surface area contributed by atoms with E-state index in [1.165, 1.54) is 42.5 Å². The first-order valence-electron chi connectivity index (χ1n) is 6.88. The summed E-state index contributed by atoms with van der Waals surface area (Å²) in [6.45, 7) is 10.3. The summed E-state index contributed by atoms with van der Waals surface area (Å²) in [5.41, 5.74) is 5.86. The zero-order valence-electron chi connectivity index (χ0n) is 11.6. The van der Waals surface area contributed by atoms with Crippen LogP contribution in [-0.2, 0) is 6.42 Å². The molecule has 2 unspecified atom stereocenters. The Morgan fingerprint density at radius 1 is 1.18 bits per heavy atom. The zero-order chi connectivity index (χ0) is 12.4. The molecule has 17 heavy (non-hydrogen) atoms. The molecule has 0 amide bonds. The maximum Gasteiger partial charge on any atom is 0.0133 e. The molecule has 1 heterocycles. The predicted octanol–water partition coefficient (Wildman–Crippen LogP) is 3.54. The molecule has 1 aliphatic heterocycles. The Bertz CT molecular complexity index is 372. The van der Waals surface area contributed by atoms with Crippen LogP contribution in [0.3, 0.4) is 0 Å². The first-order chi connectivity index (χ1) is 8.08. The molecular formula is C16H25N. The minimum absolute atomic E-state index is 0.670. The second-order valence-corrected chi connectivity index (χ2v) is 5.76. The fourth-order valence-electron chi connectivity index (χ4n) is 3.14. The fourth-order valence-corrected chi connectivity index (χ4v) is 3.14. The molecule has 1 aromatic rings. The van der Waals surface area contributed by atoms with Gasteiger partial charge >= 0.3 is 0 Å². The Hall–Kier alpha value is -0.820. The highest BCUT2D eigenvalue weighted by Gasteiger charge is 2.22. The summed E-state index contributed by atoms with van der Waals surface area (Å²) in [4.78, 5) is 0. The quantitative estimate of drug-likeness (QED) is 0.821. The molecule has 0 bridgehead atoms. The van der Waals surface area contributed by atoms with Gasteiger partial charge in [-0.2, -0.15) is 0 Å². The number of nitrogens with one attached hydrogen (secondary N) is 1. The molecule has 1 fully saturated rings. The molecule has 2 rings (SSSR count). The number of rotatable bonds is 2. The van der Waals surface area contributed by atoms with Crippen LogP contribution in [0, 0.1) is 26.7 Å². The van der Waals surface area contributed by atoms with E-state index in [2.05, 4.69) is 45.1 Å². The highest BCUT2D eigenvalue weighted by molar-refractivity contribution is 5.38. The summed E-state index contributed by atoms with van der Waals surface area (Å²) in [7, 11) is 0. The van der Waals surface area contributed by atoms with Gasteiger partial charge in [0.1, 0.15) is 0 Å². The third-order valence-electron chi connectivity index (χ3n) is 4.19. The largest absolute Gasteiger partial charge is 0.313 e. The van der Waals surface area contributed by atoms with Crippen molar-refractivity contribution in [3.63, 3.8) is 0 Å². The van der Waals surface area contributed by atoms with Crippen LogP contribution >= 0.6 is 0 Å². The molecule has 0 saturated carbocycles. The van der Waals surface area contributed by atoms with E-state index in [1.807, 2.05) is 0 Å². The van der Waals surface area contributed by atoms with Gasteiger partial charge in [-0.25, -0.2) is 0 Å². The van der Waals surface area contributed by atoms with E-state index in [9.17, 15) is 0 Å². The van der Waals surface area contributed by atoms with Gasteiger partial charge in [0.15, 0.2) is 0 Å². The molecule has 2 atom stereocenters. The lowest BCUT2D eigenvalue weighted by Gasteiger charge is -2.31. The maximum absolute atomic E-state index is 3.69. The second kappa shape index (κ2) is 5.22. The minimum Gasteiger partial charge on any atom is -0.313 e. The monoisotopic (exact) mass is 231 g/mol. The summed E-state index contributed by atoms with van der Waals surface area (Å²) in [6.07, 6.45) is 3.91. The Morgan fingerprint density at radius 3 is 2.41 bits per heavy atom. The number of hydrogen-bond donors (Lipinski definition) is 1. The molecule has 0 aliphatic carbocycles. The molecular weight excluding hydrogens is 206 g/mol. The van der Waals surface area contributed by atoms with Crippen LogP contribution < -0.4 is 5.32 Å². The fraction of sp³-hybridized carbons (Fsp3) is 0.625. The van der Waals surface area contributed by atoms with Gasteiger partial charge in [-0.3, -0.25) is 0 Å². The van der Waals surface area contributed by atoms with Gasteiger partial charge in [-0.1, -0.05) is 24.6 Å². The second-order valence-electron chi connectivity index (χ2n) is 5.76. The van der Waals surface area contributed by atoms with Crippen molar-refractivity contribution in [1.82, 2.24) is 5.32 Å². The number of aryl methyl sites for hydroxylation is 3. The number of hydrogen-bond acceptors (Lipinski definition) is 1. The Kier molecular flexibility index (Phi) is 3.88. The van der Waals surface area contributed by atoms with E-state index in [4.69, 9.17) is 0 Å². The number of piperidine rings is 1. The van der Waals surface area contributed by atoms with Gasteiger partial charge < -0.3 is 5.32 Å². The Balaban J connectivity index is 2.17. The molecule has 1 heteroatoms. The highest BCUT2D eigenvalue weighted by atomic mass is 14.9. The van der Waals surface area contributed by atoms with Crippen LogP contribution in [-0.4, -0.2) is 12.6 Å². The van der Waals surface area contributed by atoms with Gasteiger partial charge in [0.05, 0.1) is 0 Å². The van der Waals surface area contributed by atoms with Crippen LogP contribution in [0.5, 0.6) is 0 Å². The SMILES string of the molecule is Cc1cc(C)c(CC2NCCCC2C)c(C)c1. The topological polar surface area (TPSA) is 12.0 Å². The minimum atomic E-state index is 0.670. The molecule has 1 aromatic carbocycles. The first-order valence-corrected chi connectivity index (χ1v) is 6.88. The Labute approximate surface area is 106 Å². The van der Waals surface area contributed by atoms with E-state index < -0.39 is 0 Å². The van der Waals surface area contributed by atoms with Crippen LogP contribution in [0.1, 0.15) is 42.0 Å². The highest BCUT2D eigenvalue weighted by Crippen LogP contribution is 2.23. The summed E-state index contributed by atoms with van der Waals surface area (Å²) >= 11 is 0. The molecule has 1 saturated heterocycles. The molecule has 1 aliphatic rings. The predicted molar refractivity (Wildman–Crippen MR) is 74.5 cm³/mol. The first kappa shape index (κ1) is 12.6. The van der Waals surface area contributed by atoms with Gasteiger partial charge in [-0.15, -0.1) is 0 Å². The lowest BCUT2D eigenvalue weighted by Crippen LogP contribution is -2.41. The summed E-state index contributed by atoms with van der Waals surface area (Å²) in [5.74, 6) is 0.809. The standard InChI is InChI=1S/C16H25N/c1-11-8-13(3)15(14(4)9-11)10-16-12(2)6-5-7-17-16/h8-9,12,16-17H,5-7,10H2,1-4H3. The van der Waals surface area contributed by atoms with Crippen molar-refractivity contribution in [2.75, 3.05) is 6.54 Å². The molecule has 0 aromatic heterocycles. The van der Waals surface area contributed by atoms with Crippen molar-refractivity contribution >= 4 is 0 Å². The van der Waals surface area contributed by atoms with Crippen molar-refractivity contribution in [3.05, 3.63) is 34.4 Å². The zero-order valence-corrected chi connectivity index (χ0v) is 11.6. The van der Waals surface area contributed by atoms with Crippen LogP contribution in [0.25, 0.3) is 0 Å².